The summed E-state index contributed by atoms with van der Waals surface area (Å²) in [6.07, 6.45) is 1.20. The highest BCUT2D eigenvalue weighted by Crippen LogP contribution is 2.42. The van der Waals surface area contributed by atoms with Crippen molar-refractivity contribution in [3.8, 4) is 22.5 Å². The highest BCUT2D eigenvalue weighted by molar-refractivity contribution is 6.09. The number of amides is 1. The molecule has 39 heavy (non-hydrogen) atoms. The Hall–Kier alpha value is -4.79. The minimum Gasteiger partial charge on any atom is -0.478 e. The van der Waals surface area contributed by atoms with Crippen LogP contribution >= 0.6 is 0 Å². The minimum atomic E-state index is -1.20. The third kappa shape index (κ3) is 5.57. The Morgan fingerprint density at radius 2 is 1.67 bits per heavy atom. The maximum Gasteiger partial charge on any atom is 0.336 e. The number of aldehydes is 2. The lowest BCUT2D eigenvalue weighted by molar-refractivity contribution is -0.109. The maximum absolute atomic E-state index is 12.9. The lowest BCUT2D eigenvalue weighted by atomic mass is 9.89. The number of nitrogens with one attached hydrogen (secondary N) is 1. The number of benzene rings is 3. The first-order chi connectivity index (χ1) is 18.6. The second-order valence-electron chi connectivity index (χ2n) is 9.67. The van der Waals surface area contributed by atoms with Crippen molar-refractivity contribution in [2.45, 2.75) is 18.9 Å². The fourth-order valence-corrected chi connectivity index (χ4v) is 4.51. The van der Waals surface area contributed by atoms with Crippen molar-refractivity contribution < 1.29 is 28.7 Å². The van der Waals surface area contributed by atoms with Crippen molar-refractivity contribution in [2.75, 3.05) is 33.1 Å². The van der Waals surface area contributed by atoms with E-state index in [0.29, 0.717) is 35.0 Å². The summed E-state index contributed by atoms with van der Waals surface area (Å²) in [5.41, 5.74) is 3.38. The van der Waals surface area contributed by atoms with Gasteiger partial charge in [-0.1, -0.05) is 6.07 Å². The predicted octanol–water partition coefficient (Wildman–Crippen LogP) is 3.28. The Balaban J connectivity index is 1.96. The third-order valence-corrected chi connectivity index (χ3v) is 6.60. The van der Waals surface area contributed by atoms with Crippen molar-refractivity contribution in [3.05, 3.63) is 71.1 Å². The molecule has 0 fully saturated rings. The fourth-order valence-electron chi connectivity index (χ4n) is 4.51. The van der Waals surface area contributed by atoms with Gasteiger partial charge in [-0.25, -0.2) is 9.37 Å². The van der Waals surface area contributed by atoms with E-state index in [0.717, 1.165) is 22.0 Å². The van der Waals surface area contributed by atoms with E-state index in [9.17, 15) is 24.3 Å². The van der Waals surface area contributed by atoms with E-state index in [4.69, 9.17) is 4.42 Å². The molecule has 2 aromatic carbocycles. The van der Waals surface area contributed by atoms with Crippen LogP contribution in [0.5, 0.6) is 0 Å². The second-order valence-corrected chi connectivity index (χ2v) is 9.67. The van der Waals surface area contributed by atoms with Gasteiger partial charge in [-0.2, -0.15) is 0 Å². The summed E-state index contributed by atoms with van der Waals surface area (Å²) in [6, 6.07) is 15.3. The van der Waals surface area contributed by atoms with Gasteiger partial charge in [0, 0.05) is 72.9 Å². The number of anilines is 1. The Morgan fingerprint density at radius 3 is 2.28 bits per heavy atom. The van der Waals surface area contributed by atoms with Crippen LogP contribution in [0.25, 0.3) is 33.4 Å². The van der Waals surface area contributed by atoms with Gasteiger partial charge in [-0.3, -0.25) is 4.79 Å². The van der Waals surface area contributed by atoms with E-state index >= 15 is 0 Å². The van der Waals surface area contributed by atoms with Gasteiger partial charge in [0.05, 0.1) is 11.6 Å². The molecule has 200 valence electrons. The number of aromatic carboxylic acids is 1. The number of carboxylic acid groups (broad SMARTS) is 1. The SMILES string of the molecule is CN(C)c1ccc2c(-c3ccc(C(=O)NC(CC=O)CC=O)cc3C(=O)O)c3ccc(=[N+](C)C)cc-3oc2c1. The third-order valence-electron chi connectivity index (χ3n) is 6.60. The van der Waals surface area contributed by atoms with E-state index in [1.807, 2.05) is 74.1 Å². The van der Waals surface area contributed by atoms with Crippen LogP contribution in [-0.4, -0.2) is 63.8 Å². The first kappa shape index (κ1) is 27.3. The monoisotopic (exact) mass is 528 g/mol. The highest BCUT2D eigenvalue weighted by Gasteiger charge is 2.24. The number of hydrogen-bond donors (Lipinski definition) is 2. The van der Waals surface area contributed by atoms with E-state index in [-0.39, 0.29) is 24.0 Å². The van der Waals surface area contributed by atoms with Gasteiger partial charge in [-0.15, -0.1) is 0 Å². The van der Waals surface area contributed by atoms with Crippen LogP contribution in [0.3, 0.4) is 0 Å². The van der Waals surface area contributed by atoms with E-state index < -0.39 is 17.9 Å². The summed E-state index contributed by atoms with van der Waals surface area (Å²) in [6.45, 7) is 0. The number of nitrogens with zero attached hydrogens (tertiary/aromatic N) is 2. The van der Waals surface area contributed by atoms with E-state index in [1.54, 1.807) is 12.1 Å². The largest absolute Gasteiger partial charge is 0.478 e. The normalized spacial score (nSPS) is 11.0. The van der Waals surface area contributed by atoms with Crippen molar-refractivity contribution in [1.29, 1.82) is 0 Å². The molecule has 0 saturated carbocycles. The van der Waals surface area contributed by atoms with Crippen molar-refractivity contribution in [1.82, 2.24) is 9.89 Å². The zero-order chi connectivity index (χ0) is 28.3. The average molecular weight is 529 g/mol. The molecule has 0 unspecified atom stereocenters. The molecule has 1 aliphatic heterocycles. The van der Waals surface area contributed by atoms with Crippen molar-refractivity contribution in [3.63, 3.8) is 0 Å². The molecule has 9 heteroatoms. The number of carboxylic acids is 1. The van der Waals surface area contributed by atoms with Crippen LogP contribution in [0.2, 0.25) is 0 Å². The fraction of sp³-hybridized carbons (Fsp3) is 0.233. The molecule has 1 heterocycles. The summed E-state index contributed by atoms with van der Waals surface area (Å²) < 4.78 is 8.27. The van der Waals surface area contributed by atoms with Crippen molar-refractivity contribution >= 4 is 41.1 Å². The first-order valence-corrected chi connectivity index (χ1v) is 12.4. The van der Waals surface area contributed by atoms with Gasteiger partial charge in [-0.05, 0) is 35.9 Å². The van der Waals surface area contributed by atoms with Gasteiger partial charge in [0.15, 0.2) is 0 Å². The Labute approximate surface area is 225 Å². The summed E-state index contributed by atoms with van der Waals surface area (Å²) >= 11 is 0. The second kappa shape index (κ2) is 11.3. The summed E-state index contributed by atoms with van der Waals surface area (Å²) in [7, 11) is 7.70. The molecule has 0 aromatic heterocycles. The van der Waals surface area contributed by atoms with Crippen molar-refractivity contribution in [2.24, 2.45) is 0 Å². The molecule has 1 aliphatic carbocycles. The van der Waals surface area contributed by atoms with Gasteiger partial charge in [0.2, 0.25) is 5.36 Å². The molecule has 9 nitrogen and oxygen atoms in total. The van der Waals surface area contributed by atoms with Crippen LogP contribution in [0, 0.1) is 0 Å². The molecular weight excluding hydrogens is 498 g/mol. The number of fused-ring (bicyclic) bond motifs is 2. The molecule has 2 aromatic rings. The summed E-state index contributed by atoms with van der Waals surface area (Å²) in [5, 5.41) is 14.5. The molecule has 0 atom stereocenters. The number of carbonyl (C=O) groups excluding carboxylic acids is 3. The minimum absolute atomic E-state index is 0.0241. The summed E-state index contributed by atoms with van der Waals surface area (Å²) in [5.74, 6) is -1.18. The smallest absolute Gasteiger partial charge is 0.336 e. The molecule has 2 N–H and O–H groups in total. The number of hydrogen-bond acceptors (Lipinski definition) is 6. The van der Waals surface area contributed by atoms with Gasteiger partial charge >= 0.3 is 5.97 Å². The lowest BCUT2D eigenvalue weighted by Gasteiger charge is -2.19. The van der Waals surface area contributed by atoms with E-state index in [2.05, 4.69) is 5.32 Å². The quantitative estimate of drug-likeness (QED) is 0.194. The molecule has 4 rings (SSSR count). The standard InChI is InChI=1S/C30H29N3O6/c1-32(2)20-6-9-23-26(16-20)39-27-17-21(33(3)4)7-10-24(27)28(23)22-8-5-18(15-25(22)30(37)38)29(36)31-19(11-13-34)12-14-35/h5-10,13-17,19H,11-12H2,1-4H3,(H-,31,36,37,38)/p+1. The van der Waals surface area contributed by atoms with Crippen LogP contribution < -0.4 is 20.1 Å². The lowest BCUT2D eigenvalue weighted by Crippen LogP contribution is -2.35. The van der Waals surface area contributed by atoms with Crippen LogP contribution in [0.15, 0.2) is 59.0 Å². The Morgan fingerprint density at radius 1 is 0.974 bits per heavy atom. The molecule has 0 radical (unpaired) electrons. The maximum atomic E-state index is 12.9. The average Bonchev–Trinajstić information content (AvgIpc) is 2.90. The molecule has 0 saturated heterocycles. The zero-order valence-corrected chi connectivity index (χ0v) is 22.2. The Bertz CT molecular complexity index is 1620. The molecule has 2 aliphatic rings. The van der Waals surface area contributed by atoms with E-state index in [1.165, 1.54) is 6.07 Å². The first-order valence-electron chi connectivity index (χ1n) is 12.4. The topological polar surface area (TPSA) is 120 Å². The molecule has 1 amide bonds. The van der Waals surface area contributed by atoms with Crippen LogP contribution in [0.4, 0.5) is 5.69 Å². The zero-order valence-electron chi connectivity index (χ0n) is 22.2. The molecular formula is C30H30N3O6+. The Kier molecular flexibility index (Phi) is 7.90. The van der Waals surface area contributed by atoms with Gasteiger partial charge < -0.3 is 29.3 Å². The van der Waals surface area contributed by atoms with Gasteiger partial charge in [0.1, 0.15) is 38.0 Å². The van der Waals surface area contributed by atoms with Crippen LogP contribution in [0.1, 0.15) is 33.6 Å². The van der Waals surface area contributed by atoms with Gasteiger partial charge in [0.25, 0.3) is 5.91 Å². The number of rotatable bonds is 9. The molecule has 0 spiro atoms. The molecule has 0 bridgehead atoms. The number of carbonyl (C=O) groups is 4. The predicted molar refractivity (Wildman–Crippen MR) is 149 cm³/mol. The summed E-state index contributed by atoms with van der Waals surface area (Å²) in [4.78, 5) is 49.2. The highest BCUT2D eigenvalue weighted by atomic mass is 16.4. The van der Waals surface area contributed by atoms with Crippen LogP contribution in [-0.2, 0) is 9.59 Å².